The van der Waals surface area contributed by atoms with Crippen molar-refractivity contribution in [3.8, 4) is 0 Å². The molecule has 0 N–H and O–H groups in total. The minimum Gasteiger partial charge on any atom is -0.385 e. The second-order valence-corrected chi connectivity index (χ2v) is 7.65. The summed E-state index contributed by atoms with van der Waals surface area (Å²) in [5.41, 5.74) is 0. The molecule has 4 nitrogen and oxygen atoms in total. The maximum absolute atomic E-state index is 11.5. The molecule has 0 aliphatic carbocycles. The molecule has 0 amide bonds. The molecule has 0 radical (unpaired) electrons. The second-order valence-electron chi connectivity index (χ2n) is 3.58. The highest BCUT2D eigenvalue weighted by atomic mass is 33.1. The molecule has 1 atom stereocenters. The Hall–Kier alpha value is 0.680. The number of unbranched alkanes of at least 4 members (excludes halogenated alkanes) is 1. The van der Waals surface area contributed by atoms with Crippen LogP contribution < -0.4 is 0 Å². The molecule has 0 spiro atoms. The number of rotatable bonds is 14. The lowest BCUT2D eigenvalue weighted by Crippen LogP contribution is -1.94. The largest absolute Gasteiger partial charge is 0.508 e. The highest BCUT2D eigenvalue weighted by molar-refractivity contribution is 8.76. The summed E-state index contributed by atoms with van der Waals surface area (Å²) in [5.74, 6) is 2.02. The molecule has 0 heterocycles. The fourth-order valence-electron chi connectivity index (χ4n) is 1.07. The predicted octanol–water partition coefficient (Wildman–Crippen LogP) is 3.59. The standard InChI is InChI=1S/C11H24O4PS2/c1-13-6-3-4-7-15-16(12)9-5-10-17-18-11-8-14-2/h3-11H2,1-2H3/q+1. The Kier molecular flexibility index (Phi) is 16.3. The Morgan fingerprint density at radius 2 is 1.56 bits per heavy atom. The molecule has 0 rings (SSSR count). The van der Waals surface area contributed by atoms with Gasteiger partial charge in [0.05, 0.1) is 6.61 Å². The summed E-state index contributed by atoms with van der Waals surface area (Å²) in [6, 6.07) is 0. The Bertz CT molecular complexity index is 196. The Balaban J connectivity index is 3.12. The van der Waals surface area contributed by atoms with Gasteiger partial charge in [0, 0.05) is 38.8 Å². The molecule has 0 saturated heterocycles. The molecular formula is C11H24O4PS2+. The van der Waals surface area contributed by atoms with Crippen LogP contribution in [0.2, 0.25) is 0 Å². The van der Waals surface area contributed by atoms with Gasteiger partial charge in [0.1, 0.15) is 6.61 Å². The van der Waals surface area contributed by atoms with Gasteiger partial charge in [0.15, 0.2) is 6.16 Å². The molecule has 18 heavy (non-hydrogen) atoms. The average Bonchev–Trinajstić information content (AvgIpc) is 2.37. The molecular weight excluding hydrogens is 291 g/mol. The quantitative estimate of drug-likeness (QED) is 0.277. The van der Waals surface area contributed by atoms with E-state index in [1.807, 2.05) is 0 Å². The lowest BCUT2D eigenvalue weighted by atomic mass is 10.3. The van der Waals surface area contributed by atoms with E-state index in [1.54, 1.807) is 35.8 Å². The molecule has 108 valence electrons. The predicted molar refractivity (Wildman–Crippen MR) is 80.9 cm³/mol. The monoisotopic (exact) mass is 315 g/mol. The Morgan fingerprint density at radius 3 is 2.28 bits per heavy atom. The number of hydrogen-bond acceptors (Lipinski definition) is 6. The fraction of sp³-hybridized carbons (Fsp3) is 1.00. The first-order valence-electron chi connectivity index (χ1n) is 6.11. The van der Waals surface area contributed by atoms with E-state index in [4.69, 9.17) is 14.0 Å². The van der Waals surface area contributed by atoms with Gasteiger partial charge >= 0.3 is 8.03 Å². The summed E-state index contributed by atoms with van der Waals surface area (Å²) in [7, 11) is 5.53. The van der Waals surface area contributed by atoms with Gasteiger partial charge in [-0.05, 0) is 17.4 Å². The van der Waals surface area contributed by atoms with Gasteiger partial charge in [0.25, 0.3) is 0 Å². The van der Waals surface area contributed by atoms with Crippen molar-refractivity contribution < 1.29 is 18.6 Å². The zero-order chi connectivity index (χ0) is 13.5. The van der Waals surface area contributed by atoms with Crippen LogP contribution in [-0.2, 0) is 18.6 Å². The van der Waals surface area contributed by atoms with Crippen LogP contribution >= 0.6 is 29.6 Å². The highest BCUT2D eigenvalue weighted by Crippen LogP contribution is 2.27. The maximum Gasteiger partial charge on any atom is 0.508 e. The highest BCUT2D eigenvalue weighted by Gasteiger charge is 2.15. The summed E-state index contributed by atoms with van der Waals surface area (Å²) in [6.07, 6.45) is 3.48. The first kappa shape index (κ1) is 18.7. The molecule has 0 aromatic heterocycles. The van der Waals surface area contributed by atoms with Crippen molar-refractivity contribution in [2.45, 2.75) is 19.3 Å². The SMILES string of the molecule is COCCCCO[P+](=O)CCCSSCCOC. The summed E-state index contributed by atoms with van der Waals surface area (Å²) < 4.78 is 26.6. The third kappa shape index (κ3) is 14.7. The van der Waals surface area contributed by atoms with Crippen LogP contribution in [0.3, 0.4) is 0 Å². The van der Waals surface area contributed by atoms with E-state index < -0.39 is 8.03 Å². The van der Waals surface area contributed by atoms with Crippen LogP contribution in [0.25, 0.3) is 0 Å². The molecule has 0 aliphatic heterocycles. The van der Waals surface area contributed by atoms with Crippen molar-refractivity contribution in [1.29, 1.82) is 0 Å². The smallest absolute Gasteiger partial charge is 0.385 e. The van der Waals surface area contributed by atoms with Gasteiger partial charge in [-0.1, -0.05) is 21.6 Å². The zero-order valence-corrected chi connectivity index (χ0v) is 13.8. The molecule has 0 aliphatic rings. The third-order valence-corrected chi connectivity index (χ3v) is 5.61. The van der Waals surface area contributed by atoms with E-state index in [-0.39, 0.29) is 0 Å². The van der Waals surface area contributed by atoms with Crippen molar-refractivity contribution in [3.05, 3.63) is 0 Å². The molecule has 0 bridgehead atoms. The van der Waals surface area contributed by atoms with Crippen molar-refractivity contribution in [2.24, 2.45) is 0 Å². The normalized spacial score (nSPS) is 11.8. The molecule has 0 saturated carbocycles. The van der Waals surface area contributed by atoms with Gasteiger partial charge < -0.3 is 9.47 Å². The van der Waals surface area contributed by atoms with Crippen molar-refractivity contribution in [3.63, 3.8) is 0 Å². The van der Waals surface area contributed by atoms with Gasteiger partial charge in [-0.3, -0.25) is 0 Å². The molecule has 0 aromatic carbocycles. The van der Waals surface area contributed by atoms with Crippen LogP contribution in [-0.4, -0.2) is 51.7 Å². The topological polar surface area (TPSA) is 44.8 Å². The van der Waals surface area contributed by atoms with Crippen LogP contribution in [0.4, 0.5) is 0 Å². The van der Waals surface area contributed by atoms with Crippen molar-refractivity contribution >= 4 is 29.6 Å². The summed E-state index contributed by atoms with van der Waals surface area (Å²) in [4.78, 5) is 0. The van der Waals surface area contributed by atoms with E-state index in [0.717, 1.165) is 44.0 Å². The average molecular weight is 315 g/mol. The van der Waals surface area contributed by atoms with E-state index in [2.05, 4.69) is 0 Å². The minimum atomic E-state index is -1.47. The summed E-state index contributed by atoms with van der Waals surface area (Å²) in [6.45, 7) is 2.11. The van der Waals surface area contributed by atoms with E-state index in [0.29, 0.717) is 12.8 Å². The fourth-order valence-corrected chi connectivity index (χ4v) is 4.16. The van der Waals surface area contributed by atoms with Crippen LogP contribution in [0.5, 0.6) is 0 Å². The van der Waals surface area contributed by atoms with E-state index >= 15 is 0 Å². The van der Waals surface area contributed by atoms with Gasteiger partial charge in [-0.15, -0.1) is 4.52 Å². The van der Waals surface area contributed by atoms with Gasteiger partial charge in [-0.2, -0.15) is 0 Å². The first-order chi connectivity index (χ1) is 8.81. The van der Waals surface area contributed by atoms with Crippen LogP contribution in [0.1, 0.15) is 19.3 Å². The molecule has 0 aromatic rings. The maximum atomic E-state index is 11.5. The molecule has 1 unspecified atom stereocenters. The number of hydrogen-bond donors (Lipinski definition) is 0. The van der Waals surface area contributed by atoms with Crippen LogP contribution in [0, 0.1) is 0 Å². The number of methoxy groups -OCH3 is 2. The van der Waals surface area contributed by atoms with E-state index in [9.17, 15) is 4.57 Å². The van der Waals surface area contributed by atoms with Crippen molar-refractivity contribution in [2.75, 3.05) is 51.7 Å². The Labute approximate surface area is 119 Å². The van der Waals surface area contributed by atoms with E-state index in [1.165, 1.54) is 0 Å². The molecule has 0 fully saturated rings. The van der Waals surface area contributed by atoms with Crippen molar-refractivity contribution in [1.82, 2.24) is 0 Å². The minimum absolute atomic E-state index is 0.578. The van der Waals surface area contributed by atoms with Gasteiger partial charge in [-0.25, -0.2) is 0 Å². The summed E-state index contributed by atoms with van der Waals surface area (Å²) >= 11 is 0. The first-order valence-corrected chi connectivity index (χ1v) is 9.96. The lowest BCUT2D eigenvalue weighted by Gasteiger charge is -1.98. The number of ether oxygens (including phenoxy) is 2. The lowest BCUT2D eigenvalue weighted by molar-refractivity contribution is 0.185. The third-order valence-electron chi connectivity index (χ3n) is 2.00. The van der Waals surface area contributed by atoms with Gasteiger partial charge in [0.2, 0.25) is 0 Å². The summed E-state index contributed by atoms with van der Waals surface area (Å²) in [5, 5.41) is 0. The van der Waals surface area contributed by atoms with Crippen LogP contribution in [0.15, 0.2) is 0 Å². The zero-order valence-electron chi connectivity index (χ0n) is 11.3. The Morgan fingerprint density at radius 1 is 0.889 bits per heavy atom. The molecule has 7 heteroatoms. The second kappa shape index (κ2) is 15.7.